The molecule has 1 fully saturated rings. The Hall–Kier alpha value is -3.54. The summed E-state index contributed by atoms with van der Waals surface area (Å²) in [6, 6.07) is 21.2. The van der Waals surface area contributed by atoms with Crippen molar-refractivity contribution in [1.29, 1.82) is 0 Å². The Morgan fingerprint density at radius 3 is 2.53 bits per heavy atom. The predicted molar refractivity (Wildman–Crippen MR) is 124 cm³/mol. The summed E-state index contributed by atoms with van der Waals surface area (Å²) in [6.45, 7) is 2.58. The molecule has 1 aromatic heterocycles. The van der Waals surface area contributed by atoms with E-state index in [0.717, 1.165) is 29.0 Å². The van der Waals surface area contributed by atoms with Crippen LogP contribution in [0.1, 0.15) is 34.0 Å². The number of ether oxygens (including phenoxy) is 1. The highest BCUT2D eigenvalue weighted by molar-refractivity contribution is 5.94. The number of carbonyl (C=O) groups is 1. The highest BCUT2D eigenvalue weighted by Gasteiger charge is 2.36. The Morgan fingerprint density at radius 2 is 1.78 bits per heavy atom. The van der Waals surface area contributed by atoms with Crippen molar-refractivity contribution in [1.82, 2.24) is 9.47 Å². The third kappa shape index (κ3) is 3.88. The highest BCUT2D eigenvalue weighted by Crippen LogP contribution is 2.36. The van der Waals surface area contributed by atoms with Crippen LogP contribution in [0.15, 0.2) is 71.5 Å². The number of pyridine rings is 1. The first-order chi connectivity index (χ1) is 15.6. The number of carbonyl (C=O) groups excluding carboxylic acids is 1. The minimum atomic E-state index is 0.0218. The van der Waals surface area contributed by atoms with E-state index >= 15 is 0 Å². The summed E-state index contributed by atoms with van der Waals surface area (Å²) in [5, 5.41) is 3.29. The van der Waals surface area contributed by atoms with Crippen LogP contribution in [0.5, 0.6) is 5.75 Å². The van der Waals surface area contributed by atoms with Gasteiger partial charge in [-0.3, -0.25) is 9.59 Å². The van der Waals surface area contributed by atoms with Crippen LogP contribution in [0.3, 0.4) is 0 Å². The number of nitrogens with one attached hydrogen (secondary N) is 1. The normalized spacial score (nSPS) is 19.2. The number of nitrogens with zero attached hydrogens (tertiary/aromatic N) is 2. The monoisotopic (exact) mass is 429 g/mol. The second-order valence-corrected chi connectivity index (χ2v) is 8.66. The van der Waals surface area contributed by atoms with E-state index in [2.05, 4.69) is 11.4 Å². The number of aromatic nitrogens is 1. The van der Waals surface area contributed by atoms with Gasteiger partial charge in [-0.25, -0.2) is 0 Å². The molecule has 32 heavy (non-hydrogen) atoms. The first-order valence-corrected chi connectivity index (χ1v) is 11.1. The van der Waals surface area contributed by atoms with Crippen LogP contribution in [0.2, 0.25) is 0 Å². The van der Waals surface area contributed by atoms with Gasteiger partial charge in [-0.15, -0.1) is 0 Å². The standard InChI is InChI=1S/C26H27N3O3/c1-32-22-9-7-18(8-10-22)14-27-23-11-12-24-21-13-19(16-29(24)26(23)31)15-28(17-21)25(30)20-5-3-2-4-6-20/h2-12,19,21,27H,13-17H2,1H3/t19-,21+/m0/s1. The van der Waals surface area contributed by atoms with Gasteiger partial charge in [0, 0.05) is 43.4 Å². The molecule has 164 valence electrons. The molecule has 2 aromatic carbocycles. The van der Waals surface area contributed by atoms with Crippen molar-refractivity contribution in [3.63, 3.8) is 0 Å². The third-order valence-corrected chi connectivity index (χ3v) is 6.55. The molecule has 1 amide bonds. The fraction of sp³-hybridized carbons (Fsp3) is 0.308. The lowest BCUT2D eigenvalue weighted by Gasteiger charge is -2.43. The molecule has 6 nitrogen and oxygen atoms in total. The molecular formula is C26H27N3O3. The molecule has 0 saturated carbocycles. The van der Waals surface area contributed by atoms with Crippen LogP contribution in [0.4, 0.5) is 5.69 Å². The highest BCUT2D eigenvalue weighted by atomic mass is 16.5. The fourth-order valence-corrected chi connectivity index (χ4v) is 4.95. The van der Waals surface area contributed by atoms with Crippen molar-refractivity contribution in [2.45, 2.75) is 25.4 Å². The largest absolute Gasteiger partial charge is 0.497 e. The number of methoxy groups -OCH3 is 1. The molecule has 1 saturated heterocycles. The molecule has 2 bridgehead atoms. The summed E-state index contributed by atoms with van der Waals surface area (Å²) in [5.74, 6) is 1.38. The summed E-state index contributed by atoms with van der Waals surface area (Å²) < 4.78 is 7.11. The van der Waals surface area contributed by atoms with Gasteiger partial charge in [-0.2, -0.15) is 0 Å². The molecule has 6 heteroatoms. The summed E-state index contributed by atoms with van der Waals surface area (Å²) in [5.41, 5.74) is 3.48. The second-order valence-electron chi connectivity index (χ2n) is 8.66. The lowest BCUT2D eigenvalue weighted by atomic mass is 9.83. The van der Waals surface area contributed by atoms with Crippen molar-refractivity contribution in [3.8, 4) is 5.75 Å². The van der Waals surface area contributed by atoms with Gasteiger partial charge in [0.1, 0.15) is 11.4 Å². The number of hydrogen-bond donors (Lipinski definition) is 1. The van der Waals surface area contributed by atoms with Crippen molar-refractivity contribution < 1.29 is 9.53 Å². The SMILES string of the molecule is COc1ccc(CNc2ccc3n(c2=O)C[C@H]2C[C@@H]3CN(C(=O)c3ccccc3)C2)cc1. The Bertz CT molecular complexity index is 1170. The Kier molecular flexibility index (Phi) is 5.43. The quantitative estimate of drug-likeness (QED) is 0.671. The van der Waals surface area contributed by atoms with Gasteiger partial charge in [0.05, 0.1) is 7.11 Å². The van der Waals surface area contributed by atoms with Gasteiger partial charge in [-0.05, 0) is 54.3 Å². The maximum absolute atomic E-state index is 13.2. The van der Waals surface area contributed by atoms with Gasteiger partial charge in [0.15, 0.2) is 0 Å². The second kappa shape index (κ2) is 8.54. The number of fused-ring (bicyclic) bond motifs is 4. The topological polar surface area (TPSA) is 63.6 Å². The van der Waals surface area contributed by atoms with Gasteiger partial charge in [-0.1, -0.05) is 30.3 Å². The van der Waals surface area contributed by atoms with E-state index in [0.29, 0.717) is 37.8 Å². The van der Waals surface area contributed by atoms with Crippen LogP contribution >= 0.6 is 0 Å². The molecule has 5 rings (SSSR count). The number of piperidine rings is 1. The summed E-state index contributed by atoms with van der Waals surface area (Å²) >= 11 is 0. The van der Waals surface area contributed by atoms with Crippen molar-refractivity contribution in [3.05, 3.63) is 93.9 Å². The molecule has 3 heterocycles. The molecular weight excluding hydrogens is 402 g/mol. The minimum absolute atomic E-state index is 0.0218. The average molecular weight is 430 g/mol. The Labute approximate surface area is 187 Å². The summed E-state index contributed by atoms with van der Waals surface area (Å²) in [6.07, 6.45) is 1.02. The zero-order chi connectivity index (χ0) is 22.1. The van der Waals surface area contributed by atoms with Gasteiger partial charge in [0.25, 0.3) is 11.5 Å². The summed E-state index contributed by atoms with van der Waals surface area (Å²) in [4.78, 5) is 28.1. The number of anilines is 1. The smallest absolute Gasteiger partial charge is 0.274 e. The first kappa shape index (κ1) is 20.4. The fourth-order valence-electron chi connectivity index (χ4n) is 4.95. The van der Waals surface area contributed by atoms with Crippen molar-refractivity contribution >= 4 is 11.6 Å². The number of amides is 1. The molecule has 0 aliphatic carbocycles. The van der Waals surface area contributed by atoms with Crippen molar-refractivity contribution in [2.75, 3.05) is 25.5 Å². The number of benzene rings is 2. The number of hydrogen-bond acceptors (Lipinski definition) is 4. The van der Waals surface area contributed by atoms with E-state index < -0.39 is 0 Å². The molecule has 3 aromatic rings. The van der Waals surface area contributed by atoms with Gasteiger partial charge >= 0.3 is 0 Å². The Morgan fingerprint density at radius 1 is 1.00 bits per heavy atom. The molecule has 2 aliphatic heterocycles. The predicted octanol–water partition coefficient (Wildman–Crippen LogP) is 3.73. The van der Waals surface area contributed by atoms with Crippen LogP contribution < -0.4 is 15.6 Å². The van der Waals surface area contributed by atoms with Gasteiger partial charge in [0.2, 0.25) is 0 Å². The zero-order valence-corrected chi connectivity index (χ0v) is 18.2. The molecule has 0 spiro atoms. The van der Waals surface area contributed by atoms with Crippen LogP contribution in [-0.2, 0) is 13.1 Å². The first-order valence-electron chi connectivity index (χ1n) is 11.1. The molecule has 0 radical (unpaired) electrons. The van der Waals surface area contributed by atoms with Crippen molar-refractivity contribution in [2.24, 2.45) is 5.92 Å². The molecule has 1 N–H and O–H groups in total. The van der Waals surface area contributed by atoms with E-state index in [-0.39, 0.29) is 17.4 Å². The van der Waals surface area contributed by atoms with E-state index in [1.807, 2.05) is 70.1 Å². The maximum Gasteiger partial charge on any atom is 0.274 e. The maximum atomic E-state index is 13.2. The van der Waals surface area contributed by atoms with Gasteiger partial charge < -0.3 is 19.5 Å². The lowest BCUT2D eigenvalue weighted by Crippen LogP contribution is -2.49. The lowest BCUT2D eigenvalue weighted by molar-refractivity contribution is 0.0594. The number of rotatable bonds is 5. The van der Waals surface area contributed by atoms with E-state index in [1.54, 1.807) is 7.11 Å². The van der Waals surface area contributed by atoms with Crippen LogP contribution in [0.25, 0.3) is 0 Å². The zero-order valence-electron chi connectivity index (χ0n) is 18.2. The van der Waals surface area contributed by atoms with E-state index in [1.165, 1.54) is 0 Å². The minimum Gasteiger partial charge on any atom is -0.497 e. The Balaban J connectivity index is 1.33. The molecule has 2 atom stereocenters. The summed E-state index contributed by atoms with van der Waals surface area (Å²) in [7, 11) is 1.65. The number of likely N-dealkylation sites (tertiary alicyclic amines) is 1. The molecule has 0 unspecified atom stereocenters. The molecule has 2 aliphatic rings. The van der Waals surface area contributed by atoms with E-state index in [9.17, 15) is 9.59 Å². The van der Waals surface area contributed by atoms with Crippen LogP contribution in [-0.4, -0.2) is 35.6 Å². The average Bonchev–Trinajstić information content (AvgIpc) is 2.84. The van der Waals surface area contributed by atoms with Crippen LogP contribution in [0, 0.1) is 5.92 Å². The van der Waals surface area contributed by atoms with E-state index in [4.69, 9.17) is 4.74 Å². The third-order valence-electron chi connectivity index (χ3n) is 6.55.